The second-order valence-corrected chi connectivity index (χ2v) is 7.56. The zero-order chi connectivity index (χ0) is 14.6. The largest absolute Gasteiger partial charge is 0.355 e. The van der Waals surface area contributed by atoms with E-state index in [-0.39, 0.29) is 5.82 Å². The van der Waals surface area contributed by atoms with E-state index in [0.29, 0.717) is 11.3 Å². The summed E-state index contributed by atoms with van der Waals surface area (Å²) in [7, 11) is 0. The molecule has 0 atom stereocenters. The Labute approximate surface area is 125 Å². The summed E-state index contributed by atoms with van der Waals surface area (Å²) in [5, 5.41) is 3.26. The van der Waals surface area contributed by atoms with Crippen LogP contribution in [0, 0.1) is 5.82 Å². The van der Waals surface area contributed by atoms with E-state index in [2.05, 4.69) is 36.0 Å². The lowest BCUT2D eigenvalue weighted by Crippen LogP contribution is -2.29. The normalized spacial score (nSPS) is 18.9. The third-order valence-corrected chi connectivity index (χ3v) is 4.98. The molecule has 1 aliphatic heterocycles. The van der Waals surface area contributed by atoms with Crippen LogP contribution >= 0.6 is 11.8 Å². The first kappa shape index (κ1) is 15.6. The van der Waals surface area contributed by atoms with Crippen LogP contribution in [0.4, 0.5) is 10.2 Å². The van der Waals surface area contributed by atoms with Gasteiger partial charge in [-0.2, -0.15) is 11.8 Å². The molecule has 0 aromatic carbocycles. The number of anilines is 1. The maximum Gasteiger partial charge on any atom is 0.141 e. The van der Waals surface area contributed by atoms with Crippen molar-refractivity contribution in [3.05, 3.63) is 23.6 Å². The number of rotatable bonds is 4. The van der Waals surface area contributed by atoms with Crippen molar-refractivity contribution in [3.63, 3.8) is 0 Å². The van der Waals surface area contributed by atoms with E-state index in [1.807, 2.05) is 11.8 Å². The van der Waals surface area contributed by atoms with Crippen LogP contribution in [0.5, 0.6) is 0 Å². The van der Waals surface area contributed by atoms with Gasteiger partial charge in [-0.15, -0.1) is 0 Å². The van der Waals surface area contributed by atoms with Gasteiger partial charge in [0.15, 0.2) is 0 Å². The fourth-order valence-corrected chi connectivity index (χ4v) is 3.48. The van der Waals surface area contributed by atoms with Crippen LogP contribution in [0.15, 0.2) is 12.3 Å². The van der Waals surface area contributed by atoms with E-state index < -0.39 is 0 Å². The van der Waals surface area contributed by atoms with Gasteiger partial charge >= 0.3 is 0 Å². The molecule has 0 spiro atoms. The molecular formula is C15H24FN3S. The Morgan fingerprint density at radius 2 is 2.25 bits per heavy atom. The van der Waals surface area contributed by atoms with Crippen molar-refractivity contribution in [2.45, 2.75) is 38.5 Å². The summed E-state index contributed by atoms with van der Waals surface area (Å²) < 4.78 is 13.7. The summed E-state index contributed by atoms with van der Waals surface area (Å²) in [6, 6.07) is 1.61. The summed E-state index contributed by atoms with van der Waals surface area (Å²) in [6.45, 7) is 10.1. The molecule has 0 unspecified atom stereocenters. The number of halogens is 1. The quantitative estimate of drug-likeness (QED) is 0.924. The minimum atomic E-state index is -0.258. The number of thioether (sulfide) groups is 1. The van der Waals surface area contributed by atoms with Gasteiger partial charge in [-0.05, 0) is 19.0 Å². The lowest BCUT2D eigenvalue weighted by atomic mass is 10.1. The predicted molar refractivity (Wildman–Crippen MR) is 84.9 cm³/mol. The highest BCUT2D eigenvalue weighted by Crippen LogP contribution is 2.32. The van der Waals surface area contributed by atoms with Gasteiger partial charge in [0.25, 0.3) is 0 Å². The molecular weight excluding hydrogens is 273 g/mol. The van der Waals surface area contributed by atoms with E-state index in [1.165, 1.54) is 6.20 Å². The molecule has 1 N–H and O–H groups in total. The summed E-state index contributed by atoms with van der Waals surface area (Å²) in [5.41, 5.74) is 0.955. The molecule has 0 radical (unpaired) electrons. The average Bonchev–Trinajstić information content (AvgIpc) is 2.58. The van der Waals surface area contributed by atoms with E-state index in [4.69, 9.17) is 0 Å². The van der Waals surface area contributed by atoms with Crippen molar-refractivity contribution in [2.24, 2.45) is 0 Å². The monoisotopic (exact) mass is 297 g/mol. The van der Waals surface area contributed by atoms with E-state index in [1.54, 1.807) is 6.07 Å². The van der Waals surface area contributed by atoms with Crippen molar-refractivity contribution in [1.29, 1.82) is 0 Å². The second kappa shape index (κ2) is 6.76. The SMILES string of the molecule is CCNCc1cc(F)cnc1N1CCSC(C)(C)CC1. The second-order valence-electron chi connectivity index (χ2n) is 5.76. The van der Waals surface area contributed by atoms with Crippen LogP contribution in [-0.4, -0.2) is 35.1 Å². The Morgan fingerprint density at radius 1 is 1.45 bits per heavy atom. The lowest BCUT2D eigenvalue weighted by Gasteiger charge is -2.25. The van der Waals surface area contributed by atoms with Gasteiger partial charge in [-0.25, -0.2) is 9.37 Å². The van der Waals surface area contributed by atoms with Crippen molar-refractivity contribution >= 4 is 17.6 Å². The van der Waals surface area contributed by atoms with Crippen LogP contribution in [0.25, 0.3) is 0 Å². The molecule has 0 amide bonds. The first-order valence-corrected chi connectivity index (χ1v) is 8.24. The fraction of sp³-hybridized carbons (Fsp3) is 0.667. The van der Waals surface area contributed by atoms with Crippen LogP contribution in [0.2, 0.25) is 0 Å². The van der Waals surface area contributed by atoms with Crippen LogP contribution < -0.4 is 10.2 Å². The zero-order valence-electron chi connectivity index (χ0n) is 12.6. The molecule has 1 aromatic heterocycles. The molecule has 0 bridgehead atoms. The third-order valence-electron chi connectivity index (χ3n) is 3.61. The van der Waals surface area contributed by atoms with Gasteiger partial charge in [-0.3, -0.25) is 0 Å². The Morgan fingerprint density at radius 3 is 3.00 bits per heavy atom. The maximum absolute atomic E-state index is 13.4. The Kier molecular flexibility index (Phi) is 5.27. The highest BCUT2D eigenvalue weighted by molar-refractivity contribution is 8.00. The number of hydrogen-bond acceptors (Lipinski definition) is 4. The zero-order valence-corrected chi connectivity index (χ0v) is 13.4. The summed E-state index contributed by atoms with van der Waals surface area (Å²) in [6.07, 6.45) is 2.45. The summed E-state index contributed by atoms with van der Waals surface area (Å²) in [4.78, 5) is 6.65. The van der Waals surface area contributed by atoms with Gasteiger partial charge in [0, 0.05) is 35.7 Å². The van der Waals surface area contributed by atoms with Gasteiger partial charge in [0.05, 0.1) is 6.20 Å². The van der Waals surface area contributed by atoms with Crippen molar-refractivity contribution in [1.82, 2.24) is 10.3 Å². The summed E-state index contributed by atoms with van der Waals surface area (Å²) in [5.74, 6) is 1.77. The van der Waals surface area contributed by atoms with Gasteiger partial charge in [-0.1, -0.05) is 20.8 Å². The molecule has 112 valence electrons. The van der Waals surface area contributed by atoms with Gasteiger partial charge in [0.2, 0.25) is 0 Å². The molecule has 1 saturated heterocycles. The molecule has 20 heavy (non-hydrogen) atoms. The third kappa shape index (κ3) is 4.09. The Balaban J connectivity index is 2.18. The number of nitrogens with zero attached hydrogens (tertiary/aromatic N) is 2. The highest BCUT2D eigenvalue weighted by Gasteiger charge is 2.25. The molecule has 1 fully saturated rings. The Hall–Kier alpha value is -0.810. The first-order chi connectivity index (χ1) is 9.52. The molecule has 5 heteroatoms. The predicted octanol–water partition coefficient (Wildman–Crippen LogP) is 3.05. The van der Waals surface area contributed by atoms with Crippen LogP contribution in [0.1, 0.15) is 32.8 Å². The minimum Gasteiger partial charge on any atom is -0.355 e. The topological polar surface area (TPSA) is 28.2 Å². The average molecular weight is 297 g/mol. The van der Waals surface area contributed by atoms with Crippen molar-refractivity contribution < 1.29 is 4.39 Å². The number of pyridine rings is 1. The minimum absolute atomic E-state index is 0.258. The maximum atomic E-state index is 13.4. The number of hydrogen-bond donors (Lipinski definition) is 1. The van der Waals surface area contributed by atoms with E-state index >= 15 is 0 Å². The fourth-order valence-electron chi connectivity index (χ4n) is 2.38. The van der Waals surface area contributed by atoms with Crippen molar-refractivity contribution in [2.75, 3.05) is 30.3 Å². The van der Waals surface area contributed by atoms with Gasteiger partial charge < -0.3 is 10.2 Å². The molecule has 0 saturated carbocycles. The first-order valence-electron chi connectivity index (χ1n) is 7.26. The Bertz CT molecular complexity index is 451. The molecule has 0 aliphatic carbocycles. The van der Waals surface area contributed by atoms with Crippen LogP contribution in [-0.2, 0) is 6.54 Å². The standard InChI is InChI=1S/C15H24FN3S/c1-4-17-10-12-9-13(16)11-18-14(12)19-6-5-15(2,3)20-8-7-19/h9,11,17H,4-8,10H2,1-3H3. The number of nitrogens with one attached hydrogen (secondary N) is 1. The molecule has 1 aromatic rings. The van der Waals surface area contributed by atoms with Crippen molar-refractivity contribution in [3.8, 4) is 0 Å². The van der Waals surface area contributed by atoms with Crippen LogP contribution in [0.3, 0.4) is 0 Å². The smallest absolute Gasteiger partial charge is 0.141 e. The molecule has 3 nitrogen and oxygen atoms in total. The molecule has 2 heterocycles. The highest BCUT2D eigenvalue weighted by atomic mass is 32.2. The molecule has 2 rings (SSSR count). The van der Waals surface area contributed by atoms with E-state index in [9.17, 15) is 4.39 Å². The number of aromatic nitrogens is 1. The van der Waals surface area contributed by atoms with E-state index in [0.717, 1.165) is 43.2 Å². The molecule has 1 aliphatic rings. The summed E-state index contributed by atoms with van der Waals surface area (Å²) >= 11 is 2.01. The lowest BCUT2D eigenvalue weighted by molar-refractivity contribution is 0.606. The van der Waals surface area contributed by atoms with Gasteiger partial charge in [0.1, 0.15) is 11.6 Å².